The van der Waals surface area contributed by atoms with Crippen LogP contribution >= 0.6 is 0 Å². The molecule has 188 valence electrons. The molecule has 0 spiro atoms. The topological polar surface area (TPSA) is 81.7 Å². The van der Waals surface area contributed by atoms with Gasteiger partial charge in [0.2, 0.25) is 0 Å². The first-order valence-electron chi connectivity index (χ1n) is 13.4. The third-order valence-corrected chi connectivity index (χ3v) is 8.17. The van der Waals surface area contributed by atoms with Crippen molar-refractivity contribution in [2.24, 2.45) is 5.73 Å². The molecule has 1 fully saturated rings. The zero-order valence-electron chi connectivity index (χ0n) is 21.3. The SMILES string of the molecule is NC1(c2ccc(-c3c(-c4cnc5ccccc5c4)nc4n3-c3cccnc3Nc3ccccc3-4)cc2)CCC1. The smallest absolute Gasteiger partial charge is 0.154 e. The molecule has 1 aliphatic carbocycles. The van der Waals surface area contributed by atoms with Gasteiger partial charge < -0.3 is 11.1 Å². The molecule has 0 radical (unpaired) electrons. The van der Waals surface area contributed by atoms with Crippen molar-refractivity contribution in [2.45, 2.75) is 24.8 Å². The number of nitrogens with zero attached hydrogens (tertiary/aromatic N) is 4. The lowest BCUT2D eigenvalue weighted by molar-refractivity contribution is 0.253. The predicted molar refractivity (Wildman–Crippen MR) is 156 cm³/mol. The highest BCUT2D eigenvalue weighted by Gasteiger charge is 2.34. The highest BCUT2D eigenvalue weighted by atomic mass is 15.2. The lowest BCUT2D eigenvalue weighted by atomic mass is 9.72. The Hall–Kier alpha value is -4.81. The summed E-state index contributed by atoms with van der Waals surface area (Å²) in [7, 11) is 0. The summed E-state index contributed by atoms with van der Waals surface area (Å²) in [5, 5.41) is 4.62. The number of anilines is 2. The van der Waals surface area contributed by atoms with E-state index in [9.17, 15) is 0 Å². The maximum Gasteiger partial charge on any atom is 0.154 e. The fourth-order valence-corrected chi connectivity index (χ4v) is 5.90. The lowest BCUT2D eigenvalue weighted by Crippen LogP contribution is -2.43. The van der Waals surface area contributed by atoms with Crippen LogP contribution in [0, 0.1) is 0 Å². The van der Waals surface area contributed by atoms with Crippen molar-refractivity contribution in [3.8, 4) is 39.6 Å². The van der Waals surface area contributed by atoms with Crippen molar-refractivity contribution >= 4 is 22.4 Å². The number of fused-ring (bicyclic) bond motifs is 6. The summed E-state index contributed by atoms with van der Waals surface area (Å²) in [5.74, 6) is 1.65. The fraction of sp³-hybridized carbons (Fsp3) is 0.121. The van der Waals surface area contributed by atoms with E-state index in [2.05, 4.69) is 64.5 Å². The molecule has 6 heteroatoms. The van der Waals surface area contributed by atoms with E-state index < -0.39 is 0 Å². The molecule has 1 saturated carbocycles. The van der Waals surface area contributed by atoms with E-state index in [-0.39, 0.29) is 5.54 Å². The van der Waals surface area contributed by atoms with Gasteiger partial charge in [-0.2, -0.15) is 0 Å². The second-order valence-electron chi connectivity index (χ2n) is 10.5. The number of hydrogen-bond donors (Lipinski definition) is 2. The van der Waals surface area contributed by atoms with Crippen LogP contribution in [0.1, 0.15) is 24.8 Å². The van der Waals surface area contributed by atoms with E-state index in [1.807, 2.05) is 48.8 Å². The summed E-state index contributed by atoms with van der Waals surface area (Å²) in [6.07, 6.45) is 7.00. The van der Waals surface area contributed by atoms with Gasteiger partial charge in [0.15, 0.2) is 5.82 Å². The Morgan fingerprint density at radius 1 is 0.821 bits per heavy atom. The molecule has 8 rings (SSSR count). The number of imidazole rings is 1. The highest BCUT2D eigenvalue weighted by Crippen LogP contribution is 2.45. The quantitative estimate of drug-likeness (QED) is 0.265. The lowest BCUT2D eigenvalue weighted by Gasteiger charge is -2.38. The molecular formula is C33H26N6. The van der Waals surface area contributed by atoms with Gasteiger partial charge in [0.25, 0.3) is 0 Å². The third kappa shape index (κ3) is 3.42. The summed E-state index contributed by atoms with van der Waals surface area (Å²) in [5.41, 5.74) is 15.5. The minimum atomic E-state index is -0.211. The van der Waals surface area contributed by atoms with E-state index in [0.29, 0.717) is 0 Å². The standard InChI is InChI=1S/C33H26N6/c34-33(16-6-17-33)24-14-12-21(13-15-24)30-29(23-19-22-7-1-3-9-26(22)36-20-23)38-32-25-8-2-4-10-27(25)37-31-28(39(30)32)11-5-18-35-31/h1-5,7-15,18-20H,6,16-17,34H2,(H,35,37). The number of para-hydroxylation sites is 2. The Morgan fingerprint density at radius 3 is 2.49 bits per heavy atom. The second kappa shape index (κ2) is 8.35. The molecule has 39 heavy (non-hydrogen) atoms. The molecule has 0 saturated heterocycles. The first-order chi connectivity index (χ1) is 19.2. The Kier molecular flexibility index (Phi) is 4.75. The van der Waals surface area contributed by atoms with Crippen molar-refractivity contribution in [1.82, 2.24) is 19.5 Å². The number of nitrogens with one attached hydrogen (secondary N) is 1. The number of benzene rings is 3. The van der Waals surface area contributed by atoms with Gasteiger partial charge in [-0.15, -0.1) is 0 Å². The Balaban J connectivity index is 1.43. The first-order valence-corrected chi connectivity index (χ1v) is 13.4. The van der Waals surface area contributed by atoms with E-state index >= 15 is 0 Å². The fourth-order valence-electron chi connectivity index (χ4n) is 5.90. The van der Waals surface area contributed by atoms with Crippen LogP contribution < -0.4 is 11.1 Å². The van der Waals surface area contributed by atoms with Crippen LogP contribution in [-0.4, -0.2) is 19.5 Å². The van der Waals surface area contributed by atoms with Crippen molar-refractivity contribution in [3.63, 3.8) is 0 Å². The van der Waals surface area contributed by atoms with Gasteiger partial charge >= 0.3 is 0 Å². The molecule has 6 nitrogen and oxygen atoms in total. The van der Waals surface area contributed by atoms with Crippen LogP contribution in [0.3, 0.4) is 0 Å². The summed E-state index contributed by atoms with van der Waals surface area (Å²) in [6.45, 7) is 0. The molecule has 3 aromatic carbocycles. The Labute approximate surface area is 226 Å². The zero-order chi connectivity index (χ0) is 26.0. The van der Waals surface area contributed by atoms with Crippen LogP contribution in [0.25, 0.3) is 50.5 Å². The van der Waals surface area contributed by atoms with Gasteiger partial charge in [-0.1, -0.05) is 54.6 Å². The molecule has 0 amide bonds. The molecule has 3 N–H and O–H groups in total. The maximum absolute atomic E-state index is 6.67. The van der Waals surface area contributed by atoms with E-state index in [1.54, 1.807) is 0 Å². The van der Waals surface area contributed by atoms with E-state index in [0.717, 1.165) is 74.8 Å². The second-order valence-corrected chi connectivity index (χ2v) is 10.5. The van der Waals surface area contributed by atoms with E-state index in [4.69, 9.17) is 20.7 Å². The van der Waals surface area contributed by atoms with Gasteiger partial charge in [0.1, 0.15) is 5.82 Å². The van der Waals surface area contributed by atoms with Crippen molar-refractivity contribution in [1.29, 1.82) is 0 Å². The van der Waals surface area contributed by atoms with Crippen LogP contribution in [0.5, 0.6) is 0 Å². The monoisotopic (exact) mass is 506 g/mol. The Morgan fingerprint density at radius 2 is 1.64 bits per heavy atom. The molecule has 1 aliphatic heterocycles. The van der Waals surface area contributed by atoms with Gasteiger partial charge in [-0.25, -0.2) is 9.97 Å². The van der Waals surface area contributed by atoms with Gasteiger partial charge in [-0.3, -0.25) is 9.55 Å². The molecule has 6 aromatic rings. The molecule has 3 aromatic heterocycles. The van der Waals surface area contributed by atoms with E-state index in [1.165, 1.54) is 12.0 Å². The summed E-state index contributed by atoms with van der Waals surface area (Å²) < 4.78 is 2.24. The molecule has 0 bridgehead atoms. The summed E-state index contributed by atoms with van der Waals surface area (Å²) >= 11 is 0. The first kappa shape index (κ1) is 22.2. The van der Waals surface area contributed by atoms with Crippen molar-refractivity contribution in [2.75, 3.05) is 5.32 Å². The molecule has 0 atom stereocenters. The third-order valence-electron chi connectivity index (χ3n) is 8.17. The number of pyridine rings is 2. The van der Waals surface area contributed by atoms with Crippen LogP contribution in [0.15, 0.2) is 103 Å². The minimum absolute atomic E-state index is 0.211. The number of nitrogens with two attached hydrogens (primary N) is 1. The number of aromatic nitrogens is 4. The number of rotatable bonds is 3. The van der Waals surface area contributed by atoms with Crippen molar-refractivity contribution in [3.05, 3.63) is 109 Å². The molecule has 0 unspecified atom stereocenters. The maximum atomic E-state index is 6.67. The van der Waals surface area contributed by atoms with Crippen LogP contribution in [0.2, 0.25) is 0 Å². The Bertz CT molecular complexity index is 1880. The van der Waals surface area contributed by atoms with Gasteiger partial charge in [0, 0.05) is 40.0 Å². The average molecular weight is 507 g/mol. The van der Waals surface area contributed by atoms with Crippen LogP contribution in [-0.2, 0) is 5.54 Å². The molecule has 4 heterocycles. The zero-order valence-corrected chi connectivity index (χ0v) is 21.3. The predicted octanol–water partition coefficient (Wildman–Crippen LogP) is 7.21. The van der Waals surface area contributed by atoms with Gasteiger partial charge in [0.05, 0.1) is 28.3 Å². The largest absolute Gasteiger partial charge is 0.338 e. The summed E-state index contributed by atoms with van der Waals surface area (Å²) in [4.78, 5) is 14.8. The molecular weight excluding hydrogens is 480 g/mol. The normalized spacial score (nSPS) is 14.9. The van der Waals surface area contributed by atoms with Crippen LogP contribution in [0.4, 0.5) is 11.5 Å². The minimum Gasteiger partial charge on any atom is -0.338 e. The highest BCUT2D eigenvalue weighted by molar-refractivity contribution is 5.92. The molecule has 2 aliphatic rings. The number of hydrogen-bond acceptors (Lipinski definition) is 5. The van der Waals surface area contributed by atoms with Crippen molar-refractivity contribution < 1.29 is 0 Å². The van der Waals surface area contributed by atoms with Gasteiger partial charge in [-0.05, 0) is 61.2 Å². The summed E-state index contributed by atoms with van der Waals surface area (Å²) in [6, 6.07) is 31.4. The average Bonchev–Trinajstić information content (AvgIpc) is 3.30.